The lowest BCUT2D eigenvalue weighted by Crippen LogP contribution is -2.38. The van der Waals surface area contributed by atoms with Crippen molar-refractivity contribution in [2.45, 2.75) is 11.8 Å². The summed E-state index contributed by atoms with van der Waals surface area (Å²) in [6.07, 6.45) is 0. The van der Waals surface area contributed by atoms with E-state index in [0.29, 0.717) is 29.5 Å². The summed E-state index contributed by atoms with van der Waals surface area (Å²) in [6, 6.07) is 26.7. The fourth-order valence-electron chi connectivity index (χ4n) is 3.49. The average Bonchev–Trinajstić information content (AvgIpc) is 2.90. The minimum absolute atomic E-state index is 0.0320. The Hall–Kier alpha value is -4.37. The van der Waals surface area contributed by atoms with Gasteiger partial charge in [0.15, 0.2) is 0 Å². The van der Waals surface area contributed by atoms with Gasteiger partial charge in [-0.1, -0.05) is 18.2 Å². The number of halogens is 1. The van der Waals surface area contributed by atoms with Gasteiger partial charge in [-0.15, -0.1) is 0 Å². The molecule has 0 unspecified atom stereocenters. The third-order valence-corrected chi connectivity index (χ3v) is 7.03. The SMILES string of the molecule is CCOc1ccc(S(=O)(=O)N(CC(=O)Nc2ccc(Oc3ccccc3)cc2)c2ccc(F)cc2)cc1. The van der Waals surface area contributed by atoms with E-state index < -0.39 is 28.3 Å². The number of para-hydroxylation sites is 1. The normalized spacial score (nSPS) is 11.0. The predicted molar refractivity (Wildman–Crippen MR) is 140 cm³/mol. The molecule has 4 aromatic rings. The number of rotatable bonds is 10. The van der Waals surface area contributed by atoms with Crippen LogP contribution in [-0.2, 0) is 14.8 Å². The van der Waals surface area contributed by atoms with Crippen LogP contribution in [0.4, 0.5) is 15.8 Å². The Balaban J connectivity index is 1.52. The largest absolute Gasteiger partial charge is 0.494 e. The van der Waals surface area contributed by atoms with Gasteiger partial charge in [0.25, 0.3) is 10.0 Å². The molecule has 0 aliphatic heterocycles. The first kappa shape index (κ1) is 25.7. The minimum Gasteiger partial charge on any atom is -0.494 e. The van der Waals surface area contributed by atoms with Crippen molar-refractivity contribution < 1.29 is 27.1 Å². The molecule has 0 bridgehead atoms. The number of nitrogens with zero attached hydrogens (tertiary/aromatic N) is 1. The molecular formula is C28H25FN2O5S. The van der Waals surface area contributed by atoms with Crippen LogP contribution in [0.2, 0.25) is 0 Å². The van der Waals surface area contributed by atoms with E-state index in [1.807, 2.05) is 37.3 Å². The predicted octanol–water partition coefficient (Wildman–Crippen LogP) is 5.85. The zero-order valence-electron chi connectivity index (χ0n) is 20.0. The van der Waals surface area contributed by atoms with Gasteiger partial charge in [0.2, 0.25) is 5.91 Å². The first-order valence-electron chi connectivity index (χ1n) is 11.5. The van der Waals surface area contributed by atoms with Gasteiger partial charge >= 0.3 is 0 Å². The molecule has 0 aliphatic rings. The maximum atomic E-state index is 13.5. The van der Waals surface area contributed by atoms with Crippen molar-refractivity contribution in [2.75, 3.05) is 22.8 Å². The van der Waals surface area contributed by atoms with Crippen LogP contribution in [-0.4, -0.2) is 27.5 Å². The topological polar surface area (TPSA) is 84.9 Å². The molecule has 190 valence electrons. The molecule has 1 amide bonds. The fraction of sp³-hybridized carbons (Fsp3) is 0.107. The van der Waals surface area contributed by atoms with Gasteiger partial charge in [0, 0.05) is 5.69 Å². The van der Waals surface area contributed by atoms with Crippen LogP contribution < -0.4 is 19.1 Å². The minimum atomic E-state index is -4.15. The summed E-state index contributed by atoms with van der Waals surface area (Å²) >= 11 is 0. The van der Waals surface area contributed by atoms with E-state index in [2.05, 4.69) is 5.32 Å². The summed E-state index contributed by atoms with van der Waals surface area (Å²) in [5.74, 6) is 0.677. The van der Waals surface area contributed by atoms with Gasteiger partial charge in [0.05, 0.1) is 17.2 Å². The van der Waals surface area contributed by atoms with Gasteiger partial charge in [-0.25, -0.2) is 12.8 Å². The number of ether oxygens (including phenoxy) is 2. The average molecular weight is 521 g/mol. The molecule has 7 nitrogen and oxygen atoms in total. The molecule has 4 aromatic carbocycles. The van der Waals surface area contributed by atoms with E-state index in [0.717, 1.165) is 16.4 Å². The van der Waals surface area contributed by atoms with Crippen molar-refractivity contribution >= 4 is 27.3 Å². The first-order valence-corrected chi connectivity index (χ1v) is 12.9. The standard InChI is InChI=1S/C28H25FN2O5S/c1-2-35-24-16-18-27(19-17-24)37(33,34)31(23-12-8-21(29)9-13-23)20-28(32)30-22-10-14-26(15-11-22)36-25-6-4-3-5-7-25/h3-19H,2,20H2,1H3,(H,30,32). The van der Waals surface area contributed by atoms with Crippen LogP contribution >= 0.6 is 0 Å². The van der Waals surface area contributed by atoms with Gasteiger partial charge in [0.1, 0.15) is 29.6 Å². The second-order valence-corrected chi connectivity index (χ2v) is 9.74. The number of amides is 1. The lowest BCUT2D eigenvalue weighted by molar-refractivity contribution is -0.114. The number of hydrogen-bond donors (Lipinski definition) is 1. The third kappa shape index (κ3) is 6.65. The summed E-state index contributed by atoms with van der Waals surface area (Å²) in [5, 5.41) is 2.70. The Morgan fingerprint density at radius 2 is 1.41 bits per heavy atom. The molecule has 0 heterocycles. The summed E-state index contributed by atoms with van der Waals surface area (Å²) in [5.41, 5.74) is 0.611. The van der Waals surface area contributed by atoms with Crippen LogP contribution in [0.25, 0.3) is 0 Å². The first-order chi connectivity index (χ1) is 17.8. The molecule has 9 heteroatoms. The van der Waals surface area contributed by atoms with E-state index in [9.17, 15) is 17.6 Å². The number of anilines is 2. The van der Waals surface area contributed by atoms with Gasteiger partial charge < -0.3 is 14.8 Å². The lowest BCUT2D eigenvalue weighted by Gasteiger charge is -2.24. The number of nitrogens with one attached hydrogen (secondary N) is 1. The van der Waals surface area contributed by atoms with Crippen molar-refractivity contribution in [3.63, 3.8) is 0 Å². The van der Waals surface area contributed by atoms with Crippen LogP contribution in [0.15, 0.2) is 108 Å². The molecular weight excluding hydrogens is 495 g/mol. The molecule has 0 radical (unpaired) electrons. The molecule has 0 aromatic heterocycles. The van der Waals surface area contributed by atoms with Crippen molar-refractivity contribution in [1.29, 1.82) is 0 Å². The Morgan fingerprint density at radius 3 is 2.03 bits per heavy atom. The monoisotopic (exact) mass is 520 g/mol. The van der Waals surface area contributed by atoms with E-state index >= 15 is 0 Å². The smallest absolute Gasteiger partial charge is 0.264 e. The molecule has 4 rings (SSSR count). The lowest BCUT2D eigenvalue weighted by atomic mass is 10.3. The quantitative estimate of drug-likeness (QED) is 0.284. The fourth-order valence-corrected chi connectivity index (χ4v) is 4.91. The maximum Gasteiger partial charge on any atom is 0.264 e. The molecule has 0 spiro atoms. The number of carbonyl (C=O) groups excluding carboxylic acids is 1. The Morgan fingerprint density at radius 1 is 0.811 bits per heavy atom. The molecule has 0 fully saturated rings. The Bertz CT molecular complexity index is 1430. The summed E-state index contributed by atoms with van der Waals surface area (Å²) in [7, 11) is -4.15. The van der Waals surface area contributed by atoms with E-state index in [4.69, 9.17) is 9.47 Å². The van der Waals surface area contributed by atoms with Gasteiger partial charge in [-0.05, 0) is 91.9 Å². The highest BCUT2D eigenvalue weighted by molar-refractivity contribution is 7.92. The van der Waals surface area contributed by atoms with E-state index in [1.54, 1.807) is 36.4 Å². The van der Waals surface area contributed by atoms with E-state index in [-0.39, 0.29) is 10.6 Å². The summed E-state index contributed by atoms with van der Waals surface area (Å²) in [6.45, 7) is 1.74. The highest BCUT2D eigenvalue weighted by Gasteiger charge is 2.27. The molecule has 0 aliphatic carbocycles. The second kappa shape index (κ2) is 11.6. The maximum absolute atomic E-state index is 13.5. The van der Waals surface area contributed by atoms with Crippen LogP contribution in [0.3, 0.4) is 0 Å². The van der Waals surface area contributed by atoms with Crippen molar-refractivity contribution in [1.82, 2.24) is 0 Å². The molecule has 0 atom stereocenters. The molecule has 0 saturated heterocycles. The van der Waals surface area contributed by atoms with Crippen molar-refractivity contribution in [3.05, 3.63) is 109 Å². The van der Waals surface area contributed by atoms with Crippen LogP contribution in [0, 0.1) is 5.82 Å². The highest BCUT2D eigenvalue weighted by Crippen LogP contribution is 2.26. The number of carbonyl (C=O) groups is 1. The van der Waals surface area contributed by atoms with Gasteiger partial charge in [-0.3, -0.25) is 9.10 Å². The third-order valence-electron chi connectivity index (χ3n) is 5.24. The summed E-state index contributed by atoms with van der Waals surface area (Å²) < 4.78 is 52.6. The number of sulfonamides is 1. The molecule has 0 saturated carbocycles. The number of benzene rings is 4. The van der Waals surface area contributed by atoms with Crippen LogP contribution in [0.1, 0.15) is 6.92 Å². The Labute approximate surface area is 215 Å². The van der Waals surface area contributed by atoms with Gasteiger partial charge in [-0.2, -0.15) is 0 Å². The van der Waals surface area contributed by atoms with Crippen LogP contribution in [0.5, 0.6) is 17.2 Å². The molecule has 37 heavy (non-hydrogen) atoms. The second-order valence-electron chi connectivity index (χ2n) is 7.88. The zero-order valence-corrected chi connectivity index (χ0v) is 20.8. The molecule has 1 N–H and O–H groups in total. The highest BCUT2D eigenvalue weighted by atomic mass is 32.2. The Kier molecular flexibility index (Phi) is 8.05. The van der Waals surface area contributed by atoms with Crippen molar-refractivity contribution in [3.8, 4) is 17.2 Å². The van der Waals surface area contributed by atoms with Crippen molar-refractivity contribution in [2.24, 2.45) is 0 Å². The number of hydrogen-bond acceptors (Lipinski definition) is 5. The summed E-state index contributed by atoms with van der Waals surface area (Å²) in [4.78, 5) is 12.9. The zero-order chi connectivity index (χ0) is 26.3. The van der Waals surface area contributed by atoms with E-state index in [1.165, 1.54) is 24.3 Å².